The minimum atomic E-state index is -5.11. The molecule has 4 rings (SSSR count). The first-order valence-corrected chi connectivity index (χ1v) is 12.1. The standard InChI is InChI=1S/C22H18F7N3O3S/c1-36(34)10-18(33)32-11-19(23,12-32)17-6-5-13(9-30-17)16-8-20(35-31-16,22(27,28)29)14-3-2-4-15(7-14)21(24,25)26/h2-7,9H,8,10-12H2,1H3. The molecule has 1 aromatic carbocycles. The van der Waals surface area contributed by atoms with Crippen molar-refractivity contribution in [3.05, 3.63) is 65.0 Å². The molecule has 194 valence electrons. The number of hydrogen-bond acceptors (Lipinski definition) is 5. The van der Waals surface area contributed by atoms with Crippen molar-refractivity contribution < 1.29 is 44.9 Å². The predicted molar refractivity (Wildman–Crippen MR) is 114 cm³/mol. The summed E-state index contributed by atoms with van der Waals surface area (Å²) in [5.41, 5.74) is -7.38. The van der Waals surface area contributed by atoms with Gasteiger partial charge in [0.15, 0.2) is 11.4 Å². The first-order chi connectivity index (χ1) is 16.6. The molecule has 0 N–H and O–H groups in total. The third kappa shape index (κ3) is 4.75. The number of pyridine rings is 1. The Morgan fingerprint density at radius 1 is 1.17 bits per heavy atom. The summed E-state index contributed by atoms with van der Waals surface area (Å²) in [7, 11) is 0. The van der Waals surface area contributed by atoms with E-state index in [1.54, 1.807) is 0 Å². The van der Waals surface area contributed by atoms with Crippen LogP contribution in [-0.4, -0.2) is 57.3 Å². The molecule has 6 nitrogen and oxygen atoms in total. The minimum absolute atomic E-state index is 0.0626. The zero-order valence-corrected chi connectivity index (χ0v) is 19.3. The molecule has 2 atom stereocenters. The highest BCUT2D eigenvalue weighted by atomic mass is 32.2. The monoisotopic (exact) mass is 537 g/mol. The van der Waals surface area contributed by atoms with Crippen molar-refractivity contribution in [2.75, 3.05) is 25.1 Å². The smallest absolute Gasteiger partial charge is 0.435 e. The summed E-state index contributed by atoms with van der Waals surface area (Å²) in [6.45, 7) is -0.627. The molecule has 3 heterocycles. The Hall–Kier alpha value is -2.87. The van der Waals surface area contributed by atoms with Crippen LogP contribution in [0.1, 0.15) is 28.8 Å². The van der Waals surface area contributed by atoms with E-state index in [1.807, 2.05) is 0 Å². The number of aromatic nitrogens is 1. The molecule has 2 aromatic rings. The van der Waals surface area contributed by atoms with E-state index in [4.69, 9.17) is 4.84 Å². The lowest BCUT2D eigenvalue weighted by atomic mass is 9.85. The van der Waals surface area contributed by atoms with Gasteiger partial charge in [-0.3, -0.25) is 9.78 Å². The largest absolute Gasteiger partial charge is 0.616 e. The maximum Gasteiger partial charge on any atom is 0.435 e. The van der Waals surface area contributed by atoms with E-state index in [0.717, 1.165) is 18.3 Å². The molecule has 0 bridgehead atoms. The van der Waals surface area contributed by atoms with Gasteiger partial charge in [0.2, 0.25) is 0 Å². The van der Waals surface area contributed by atoms with E-state index in [9.17, 15) is 35.7 Å². The van der Waals surface area contributed by atoms with Gasteiger partial charge in [-0.15, -0.1) is 0 Å². The average molecular weight is 537 g/mol. The van der Waals surface area contributed by atoms with Crippen molar-refractivity contribution in [3.63, 3.8) is 0 Å². The van der Waals surface area contributed by atoms with Crippen LogP contribution in [0.5, 0.6) is 0 Å². The van der Waals surface area contributed by atoms with E-state index in [1.165, 1.54) is 23.3 Å². The first kappa shape index (κ1) is 26.2. The fourth-order valence-electron chi connectivity index (χ4n) is 4.00. The highest BCUT2D eigenvalue weighted by Crippen LogP contribution is 2.49. The number of carbonyl (C=O) groups excluding carboxylic acids is 1. The fraction of sp³-hybridized carbons (Fsp3) is 0.409. The molecule has 0 spiro atoms. The third-order valence-corrected chi connectivity index (χ3v) is 6.61. The van der Waals surface area contributed by atoms with Crippen LogP contribution in [0.3, 0.4) is 0 Å². The van der Waals surface area contributed by atoms with Crippen molar-refractivity contribution in [1.29, 1.82) is 0 Å². The average Bonchev–Trinajstić information content (AvgIpc) is 3.23. The second kappa shape index (κ2) is 8.91. The van der Waals surface area contributed by atoms with Gasteiger partial charge in [-0.1, -0.05) is 17.3 Å². The summed E-state index contributed by atoms with van der Waals surface area (Å²) < 4.78 is 108. The molecule has 1 fully saturated rings. The van der Waals surface area contributed by atoms with Crippen molar-refractivity contribution in [2.45, 2.75) is 30.0 Å². The van der Waals surface area contributed by atoms with Crippen LogP contribution in [0.25, 0.3) is 0 Å². The Morgan fingerprint density at radius 3 is 2.42 bits per heavy atom. The number of halogens is 7. The molecule has 2 aliphatic heterocycles. The van der Waals surface area contributed by atoms with Gasteiger partial charge in [-0.05, 0) is 35.4 Å². The number of likely N-dealkylation sites (tertiary alicyclic amines) is 1. The van der Waals surface area contributed by atoms with E-state index in [-0.39, 0.29) is 35.8 Å². The maximum atomic E-state index is 15.1. The second-order valence-corrected chi connectivity index (χ2v) is 10.0. The predicted octanol–water partition coefficient (Wildman–Crippen LogP) is 4.07. The topological polar surface area (TPSA) is 77.8 Å². The molecule has 36 heavy (non-hydrogen) atoms. The van der Waals surface area contributed by atoms with Crippen molar-refractivity contribution in [2.24, 2.45) is 5.16 Å². The van der Waals surface area contributed by atoms with Crippen LogP contribution in [0, 0.1) is 0 Å². The molecule has 2 unspecified atom stereocenters. The molecule has 1 aromatic heterocycles. The molecular formula is C22H18F7N3O3S. The number of amides is 1. The second-order valence-electron chi connectivity index (χ2n) is 8.57. The van der Waals surface area contributed by atoms with Crippen LogP contribution >= 0.6 is 0 Å². The number of alkyl halides is 7. The minimum Gasteiger partial charge on any atom is -0.616 e. The Morgan fingerprint density at radius 2 is 1.86 bits per heavy atom. The normalized spacial score (nSPS) is 22.5. The van der Waals surface area contributed by atoms with Crippen LogP contribution in [0.4, 0.5) is 30.7 Å². The van der Waals surface area contributed by atoms with Crippen LogP contribution in [0.15, 0.2) is 47.8 Å². The number of carbonyl (C=O) groups is 1. The Labute approximate surface area is 203 Å². The summed E-state index contributed by atoms with van der Waals surface area (Å²) in [5.74, 6) is -0.717. The molecule has 2 aliphatic rings. The summed E-state index contributed by atoms with van der Waals surface area (Å²) in [6, 6.07) is 5.27. The molecule has 1 saturated heterocycles. The van der Waals surface area contributed by atoms with E-state index < -0.39 is 58.3 Å². The van der Waals surface area contributed by atoms with E-state index in [2.05, 4.69) is 10.1 Å². The number of benzene rings is 1. The first-order valence-electron chi connectivity index (χ1n) is 10.4. The summed E-state index contributed by atoms with van der Waals surface area (Å²) in [5, 5.41) is 3.48. The lowest BCUT2D eigenvalue weighted by Gasteiger charge is -2.43. The van der Waals surface area contributed by atoms with E-state index >= 15 is 4.39 Å². The number of rotatable bonds is 5. The zero-order valence-electron chi connectivity index (χ0n) is 18.5. The van der Waals surface area contributed by atoms with Crippen molar-refractivity contribution in [1.82, 2.24) is 9.88 Å². The molecule has 0 saturated carbocycles. The van der Waals surface area contributed by atoms with Crippen molar-refractivity contribution >= 4 is 22.8 Å². The highest BCUT2D eigenvalue weighted by Gasteiger charge is 2.62. The van der Waals surface area contributed by atoms with Gasteiger partial charge in [0.05, 0.1) is 42.7 Å². The van der Waals surface area contributed by atoms with Gasteiger partial charge < -0.3 is 14.3 Å². The van der Waals surface area contributed by atoms with Crippen molar-refractivity contribution in [3.8, 4) is 0 Å². The fourth-order valence-corrected chi connectivity index (χ4v) is 4.53. The van der Waals surface area contributed by atoms with Gasteiger partial charge >= 0.3 is 12.4 Å². The Bertz CT molecular complexity index is 1180. The quantitative estimate of drug-likeness (QED) is 0.426. The summed E-state index contributed by atoms with van der Waals surface area (Å²) >= 11 is -1.38. The lowest BCUT2D eigenvalue weighted by molar-refractivity contribution is -0.276. The number of hydrogen-bond donors (Lipinski definition) is 0. The Kier molecular flexibility index (Phi) is 6.48. The van der Waals surface area contributed by atoms with Gasteiger partial charge in [0, 0.05) is 17.3 Å². The highest BCUT2D eigenvalue weighted by molar-refractivity contribution is 7.91. The molecule has 1 amide bonds. The molecule has 14 heteroatoms. The van der Waals surface area contributed by atoms with Gasteiger partial charge in [-0.2, -0.15) is 26.3 Å². The third-order valence-electron chi connectivity index (χ3n) is 5.96. The lowest BCUT2D eigenvalue weighted by Crippen LogP contribution is -2.60. The molecule has 0 radical (unpaired) electrons. The Balaban J connectivity index is 1.53. The van der Waals surface area contributed by atoms with Gasteiger partial charge in [-0.25, -0.2) is 4.39 Å². The summed E-state index contributed by atoms with van der Waals surface area (Å²) in [6.07, 6.45) is -8.46. The number of nitrogens with zero attached hydrogens (tertiary/aromatic N) is 3. The van der Waals surface area contributed by atoms with E-state index in [0.29, 0.717) is 12.1 Å². The van der Waals surface area contributed by atoms with Gasteiger partial charge in [0.1, 0.15) is 0 Å². The zero-order chi connectivity index (χ0) is 26.5. The maximum absolute atomic E-state index is 15.1. The van der Waals surface area contributed by atoms with Crippen LogP contribution in [-0.2, 0) is 38.3 Å². The van der Waals surface area contributed by atoms with Gasteiger partial charge in [0.25, 0.3) is 11.5 Å². The number of oxime groups is 1. The van der Waals surface area contributed by atoms with Crippen LogP contribution in [0.2, 0.25) is 0 Å². The van der Waals surface area contributed by atoms with Crippen LogP contribution < -0.4 is 0 Å². The molecule has 0 aliphatic carbocycles. The summed E-state index contributed by atoms with van der Waals surface area (Å²) in [4.78, 5) is 21.8. The SMILES string of the molecule is C[S+]([O-])CC(=O)N1CC(F)(c2ccc(C3=NOC(c4cccc(C(F)(F)F)c4)(C(F)(F)F)C3)cn2)C1. The molecular weight excluding hydrogens is 519 g/mol.